The summed E-state index contributed by atoms with van der Waals surface area (Å²) in [6.07, 6.45) is 3.60. The predicted molar refractivity (Wildman–Crippen MR) is 73.0 cm³/mol. The molecule has 0 saturated carbocycles. The van der Waals surface area contributed by atoms with Crippen molar-refractivity contribution in [2.75, 3.05) is 13.7 Å². The van der Waals surface area contributed by atoms with E-state index in [1.54, 1.807) is 7.11 Å². The molecule has 0 aliphatic rings. The Morgan fingerprint density at radius 1 is 1.44 bits per heavy atom. The van der Waals surface area contributed by atoms with E-state index in [4.69, 9.17) is 22.1 Å². The number of nitrogens with two attached hydrogens (primary N) is 1. The van der Waals surface area contributed by atoms with Crippen LogP contribution in [0.5, 0.6) is 5.75 Å². The van der Waals surface area contributed by atoms with Crippen molar-refractivity contribution in [1.29, 1.82) is 0 Å². The largest absolute Gasteiger partial charge is 0.495 e. The number of aryl methyl sites for hydroxylation is 1. The van der Waals surface area contributed by atoms with Crippen LogP contribution in [-0.4, -0.2) is 23.6 Å². The van der Waals surface area contributed by atoms with Crippen LogP contribution in [0.2, 0.25) is 5.02 Å². The lowest BCUT2D eigenvalue weighted by molar-refractivity contribution is 0.415. The first-order valence-electron chi connectivity index (χ1n) is 5.82. The van der Waals surface area contributed by atoms with Crippen molar-refractivity contribution in [1.82, 2.24) is 9.97 Å². The first-order chi connectivity index (χ1) is 8.74. The number of H-pyrrole nitrogens is 1. The highest BCUT2D eigenvalue weighted by Crippen LogP contribution is 2.29. The van der Waals surface area contributed by atoms with Crippen LogP contribution < -0.4 is 10.5 Å². The molecule has 2 aromatic rings. The smallest absolute Gasteiger partial charge is 0.137 e. The highest BCUT2D eigenvalue weighted by Gasteiger charge is 2.06. The minimum Gasteiger partial charge on any atom is -0.495 e. The van der Waals surface area contributed by atoms with E-state index in [1.807, 2.05) is 24.4 Å². The summed E-state index contributed by atoms with van der Waals surface area (Å²) in [5, 5.41) is 0.591. The first kappa shape index (κ1) is 12.9. The zero-order valence-electron chi connectivity index (χ0n) is 10.2. The number of rotatable bonds is 5. The molecule has 2 rings (SSSR count). The van der Waals surface area contributed by atoms with E-state index in [1.165, 1.54) is 0 Å². The quantitative estimate of drug-likeness (QED) is 0.874. The van der Waals surface area contributed by atoms with Gasteiger partial charge in [-0.15, -0.1) is 0 Å². The number of aromatic nitrogens is 2. The second kappa shape index (κ2) is 5.89. The second-order valence-corrected chi connectivity index (χ2v) is 4.39. The molecular formula is C13H16ClN3O. The van der Waals surface area contributed by atoms with Crippen LogP contribution in [0.15, 0.2) is 24.4 Å². The Bertz CT molecular complexity index is 525. The molecule has 5 heteroatoms. The Balaban J connectivity index is 2.20. The third kappa shape index (κ3) is 2.83. The number of halogens is 1. The van der Waals surface area contributed by atoms with Gasteiger partial charge in [-0.3, -0.25) is 0 Å². The molecule has 0 amide bonds. The molecule has 0 unspecified atom stereocenters. The summed E-state index contributed by atoms with van der Waals surface area (Å²) in [5.41, 5.74) is 7.42. The molecule has 0 fully saturated rings. The molecule has 0 saturated heterocycles. The molecule has 3 N–H and O–H groups in total. The summed E-state index contributed by atoms with van der Waals surface area (Å²) < 4.78 is 5.12. The van der Waals surface area contributed by atoms with Gasteiger partial charge in [0.1, 0.15) is 11.6 Å². The molecule has 0 atom stereocenters. The van der Waals surface area contributed by atoms with Crippen LogP contribution in [-0.2, 0) is 6.42 Å². The highest BCUT2D eigenvalue weighted by molar-refractivity contribution is 6.32. The van der Waals surface area contributed by atoms with Crippen LogP contribution in [0.1, 0.15) is 12.2 Å². The third-order valence-corrected chi connectivity index (χ3v) is 3.00. The van der Waals surface area contributed by atoms with Gasteiger partial charge in [0, 0.05) is 12.0 Å². The number of aromatic amines is 1. The zero-order chi connectivity index (χ0) is 13.0. The Morgan fingerprint density at radius 2 is 2.28 bits per heavy atom. The number of methoxy groups -OCH3 is 1. The topological polar surface area (TPSA) is 63.9 Å². The maximum absolute atomic E-state index is 6.09. The first-order valence-corrected chi connectivity index (χ1v) is 6.20. The Morgan fingerprint density at radius 3 is 2.94 bits per heavy atom. The number of benzene rings is 1. The van der Waals surface area contributed by atoms with E-state index < -0.39 is 0 Å². The van der Waals surface area contributed by atoms with Gasteiger partial charge in [-0.25, -0.2) is 4.98 Å². The molecule has 96 valence electrons. The SMILES string of the molecule is COc1ccc(-c2cnc(CCCN)[nH]2)cc1Cl. The molecule has 1 heterocycles. The summed E-state index contributed by atoms with van der Waals surface area (Å²) >= 11 is 6.09. The number of imidazole rings is 1. The fourth-order valence-electron chi connectivity index (χ4n) is 1.74. The molecule has 0 radical (unpaired) electrons. The molecule has 0 aliphatic heterocycles. The average Bonchev–Trinajstić information content (AvgIpc) is 2.85. The minimum atomic E-state index is 0.591. The Hall–Kier alpha value is -1.52. The summed E-state index contributed by atoms with van der Waals surface area (Å²) in [6.45, 7) is 0.671. The monoisotopic (exact) mass is 265 g/mol. The number of ether oxygens (including phenoxy) is 1. The predicted octanol–water partition coefficient (Wildman–Crippen LogP) is 2.63. The number of nitrogens with zero attached hydrogens (tertiary/aromatic N) is 1. The standard InChI is InChI=1S/C13H16ClN3O/c1-18-12-5-4-9(7-10(12)14)11-8-16-13(17-11)3-2-6-15/h4-5,7-8H,2-3,6,15H2,1H3,(H,16,17). The fourth-order valence-corrected chi connectivity index (χ4v) is 2.00. The van der Waals surface area contributed by atoms with Crippen LogP contribution in [0, 0.1) is 0 Å². The van der Waals surface area contributed by atoms with Crippen molar-refractivity contribution in [3.8, 4) is 17.0 Å². The number of hydrogen-bond donors (Lipinski definition) is 2. The van der Waals surface area contributed by atoms with Crippen LogP contribution in [0.25, 0.3) is 11.3 Å². The van der Waals surface area contributed by atoms with Gasteiger partial charge in [-0.05, 0) is 31.2 Å². The van der Waals surface area contributed by atoms with Crippen LogP contribution >= 0.6 is 11.6 Å². The average molecular weight is 266 g/mol. The van der Waals surface area contributed by atoms with Gasteiger partial charge >= 0.3 is 0 Å². The van der Waals surface area contributed by atoms with Gasteiger partial charge in [0.05, 0.1) is 24.0 Å². The lowest BCUT2D eigenvalue weighted by atomic mass is 10.1. The van der Waals surface area contributed by atoms with Gasteiger partial charge in [0.2, 0.25) is 0 Å². The summed E-state index contributed by atoms with van der Waals surface area (Å²) in [4.78, 5) is 7.58. The van der Waals surface area contributed by atoms with E-state index in [0.29, 0.717) is 17.3 Å². The van der Waals surface area contributed by atoms with Crippen molar-refractivity contribution in [2.24, 2.45) is 5.73 Å². The lowest BCUT2D eigenvalue weighted by Crippen LogP contribution is -2.01. The summed E-state index contributed by atoms with van der Waals surface area (Å²) in [5.74, 6) is 1.62. The van der Waals surface area contributed by atoms with Crippen LogP contribution in [0.3, 0.4) is 0 Å². The third-order valence-electron chi connectivity index (χ3n) is 2.71. The molecule has 0 bridgehead atoms. The van der Waals surface area contributed by atoms with Crippen molar-refractivity contribution in [2.45, 2.75) is 12.8 Å². The number of nitrogens with one attached hydrogen (secondary N) is 1. The van der Waals surface area contributed by atoms with Crippen LogP contribution in [0.4, 0.5) is 0 Å². The Kier molecular flexibility index (Phi) is 4.23. The summed E-state index contributed by atoms with van der Waals surface area (Å²) in [7, 11) is 1.60. The van der Waals surface area contributed by atoms with E-state index in [-0.39, 0.29) is 0 Å². The van der Waals surface area contributed by atoms with E-state index in [9.17, 15) is 0 Å². The lowest BCUT2D eigenvalue weighted by Gasteiger charge is -2.04. The van der Waals surface area contributed by atoms with E-state index in [2.05, 4.69) is 9.97 Å². The van der Waals surface area contributed by atoms with Gasteiger partial charge in [-0.1, -0.05) is 11.6 Å². The maximum atomic E-state index is 6.09. The van der Waals surface area contributed by atoms with Crippen molar-refractivity contribution < 1.29 is 4.74 Å². The zero-order valence-corrected chi connectivity index (χ0v) is 11.0. The molecule has 1 aromatic heterocycles. The van der Waals surface area contributed by atoms with Gasteiger partial charge in [0.25, 0.3) is 0 Å². The molecule has 0 aliphatic carbocycles. The van der Waals surface area contributed by atoms with Crippen molar-refractivity contribution in [3.05, 3.63) is 35.2 Å². The molecule has 1 aromatic carbocycles. The van der Waals surface area contributed by atoms with Crippen molar-refractivity contribution >= 4 is 11.6 Å². The van der Waals surface area contributed by atoms with Gasteiger partial charge in [0.15, 0.2) is 0 Å². The second-order valence-electron chi connectivity index (χ2n) is 3.99. The van der Waals surface area contributed by atoms with Gasteiger partial charge in [-0.2, -0.15) is 0 Å². The molecule has 18 heavy (non-hydrogen) atoms. The van der Waals surface area contributed by atoms with E-state index >= 15 is 0 Å². The molecular weight excluding hydrogens is 250 g/mol. The molecule has 0 spiro atoms. The van der Waals surface area contributed by atoms with E-state index in [0.717, 1.165) is 29.9 Å². The minimum absolute atomic E-state index is 0.591. The number of hydrogen-bond acceptors (Lipinski definition) is 3. The highest BCUT2D eigenvalue weighted by atomic mass is 35.5. The molecule has 4 nitrogen and oxygen atoms in total. The van der Waals surface area contributed by atoms with Gasteiger partial charge < -0.3 is 15.5 Å². The van der Waals surface area contributed by atoms with Crippen molar-refractivity contribution in [3.63, 3.8) is 0 Å². The summed E-state index contributed by atoms with van der Waals surface area (Å²) in [6, 6.07) is 5.66. The Labute approximate surface area is 111 Å². The fraction of sp³-hybridized carbons (Fsp3) is 0.308. The maximum Gasteiger partial charge on any atom is 0.137 e. The normalized spacial score (nSPS) is 10.6.